The summed E-state index contributed by atoms with van der Waals surface area (Å²) in [5.74, 6) is 1.79. The van der Waals surface area contributed by atoms with Crippen LogP contribution in [0.5, 0.6) is 11.5 Å². The second-order valence-corrected chi connectivity index (χ2v) is 16.6. The molecule has 3 aromatic carbocycles. The van der Waals surface area contributed by atoms with Gasteiger partial charge in [-0.05, 0) is 96.4 Å². The van der Waals surface area contributed by atoms with Crippen molar-refractivity contribution in [3.8, 4) is 11.5 Å². The molecule has 1 aliphatic carbocycles. The Morgan fingerprint density at radius 1 is 0.554 bits per heavy atom. The van der Waals surface area contributed by atoms with E-state index in [1.165, 1.54) is 109 Å². The Kier molecular flexibility index (Phi) is 20.6. The van der Waals surface area contributed by atoms with Crippen molar-refractivity contribution in [3.05, 3.63) is 132 Å². The average molecular weight is 759 g/mol. The minimum atomic E-state index is 0.00625. The predicted octanol–water partition coefficient (Wildman–Crippen LogP) is 13.8. The molecule has 302 valence electrons. The Morgan fingerprint density at radius 2 is 1.04 bits per heavy atom. The highest BCUT2D eigenvalue weighted by molar-refractivity contribution is 6.11. The van der Waals surface area contributed by atoms with E-state index in [1.54, 1.807) is 6.08 Å². The van der Waals surface area contributed by atoms with Gasteiger partial charge in [-0.2, -0.15) is 0 Å². The Morgan fingerprint density at radius 3 is 1.57 bits per heavy atom. The summed E-state index contributed by atoms with van der Waals surface area (Å²) in [4.78, 5) is 13.0. The summed E-state index contributed by atoms with van der Waals surface area (Å²) in [6.07, 6.45) is 33.3. The third kappa shape index (κ3) is 17.8. The Bertz CT molecular complexity index is 1660. The first-order valence-electron chi connectivity index (χ1n) is 22.0. The summed E-state index contributed by atoms with van der Waals surface area (Å²) >= 11 is 0. The van der Waals surface area contributed by atoms with Crippen LogP contribution in [-0.2, 0) is 4.79 Å². The van der Waals surface area contributed by atoms with E-state index in [4.69, 9.17) is 9.47 Å². The molecule has 0 atom stereocenters. The lowest BCUT2D eigenvalue weighted by molar-refractivity contribution is -0.870. The Labute approximate surface area is 341 Å². The zero-order chi connectivity index (χ0) is 39.7. The summed E-state index contributed by atoms with van der Waals surface area (Å²) in [7, 11) is 6.75. The maximum absolute atomic E-state index is 13.0. The molecule has 0 saturated carbocycles. The van der Waals surface area contributed by atoms with Crippen LogP contribution in [0.4, 0.5) is 0 Å². The molecule has 0 saturated heterocycles. The number of hydrogen-bond acceptors (Lipinski definition) is 3. The molecule has 0 radical (unpaired) electrons. The van der Waals surface area contributed by atoms with Crippen LogP contribution in [0.1, 0.15) is 139 Å². The maximum atomic E-state index is 13.0. The molecule has 0 heterocycles. The van der Waals surface area contributed by atoms with Crippen molar-refractivity contribution in [2.45, 2.75) is 122 Å². The largest absolute Gasteiger partial charge is 0.494 e. The molecule has 4 nitrogen and oxygen atoms in total. The van der Waals surface area contributed by atoms with E-state index in [0.717, 1.165) is 69.9 Å². The van der Waals surface area contributed by atoms with Crippen molar-refractivity contribution in [1.82, 2.24) is 0 Å². The first-order chi connectivity index (χ1) is 27.3. The third-order valence-electron chi connectivity index (χ3n) is 10.6. The zero-order valence-electron chi connectivity index (χ0n) is 35.4. The van der Waals surface area contributed by atoms with E-state index in [9.17, 15) is 4.79 Å². The summed E-state index contributed by atoms with van der Waals surface area (Å²) in [5.41, 5.74) is 5.97. The summed E-state index contributed by atoms with van der Waals surface area (Å²) < 4.78 is 13.2. The van der Waals surface area contributed by atoms with E-state index < -0.39 is 0 Å². The molecule has 0 N–H and O–H groups in total. The van der Waals surface area contributed by atoms with Gasteiger partial charge in [0.25, 0.3) is 0 Å². The molecule has 56 heavy (non-hydrogen) atoms. The lowest BCUT2D eigenvalue weighted by Crippen LogP contribution is -2.35. The molecule has 4 heteroatoms. The Hall–Kier alpha value is -4.15. The van der Waals surface area contributed by atoms with Crippen LogP contribution in [0.25, 0.3) is 11.1 Å². The number of unbranched alkanes of at least 4 members (excludes halogenated alkanes) is 16. The van der Waals surface area contributed by atoms with Gasteiger partial charge in [0, 0.05) is 5.57 Å². The van der Waals surface area contributed by atoms with E-state index in [0.29, 0.717) is 5.57 Å². The van der Waals surface area contributed by atoms with Gasteiger partial charge in [-0.1, -0.05) is 163 Å². The number of benzene rings is 3. The first-order valence-corrected chi connectivity index (χ1v) is 22.0. The molecular weight excluding hydrogens is 687 g/mol. The van der Waals surface area contributed by atoms with Crippen molar-refractivity contribution in [2.75, 3.05) is 40.9 Å². The van der Waals surface area contributed by atoms with Crippen LogP contribution in [0.3, 0.4) is 0 Å². The molecule has 0 aromatic heterocycles. The van der Waals surface area contributed by atoms with Gasteiger partial charge in [-0.15, -0.1) is 0 Å². The monoisotopic (exact) mass is 759 g/mol. The van der Waals surface area contributed by atoms with Crippen molar-refractivity contribution < 1.29 is 18.8 Å². The summed E-state index contributed by atoms with van der Waals surface area (Å²) in [5, 5.41) is 0. The normalized spacial score (nSPS) is 14.0. The van der Waals surface area contributed by atoms with Gasteiger partial charge in [0.1, 0.15) is 11.5 Å². The van der Waals surface area contributed by atoms with Crippen molar-refractivity contribution in [1.29, 1.82) is 0 Å². The SMILES string of the molecule is CCCCCCCCCCCCCCCCOc1ccc(C2=C/C(=C\C=C(/c3ccccc3)c3ccc(OCCCCCC[N+](C)(C)C)cc3)C(=O)C=C2)cc1. The number of quaternary nitrogens is 1. The lowest BCUT2D eigenvalue weighted by atomic mass is 9.93. The van der Waals surface area contributed by atoms with Gasteiger partial charge >= 0.3 is 0 Å². The Balaban J connectivity index is 1.24. The second-order valence-electron chi connectivity index (χ2n) is 16.6. The molecule has 0 bridgehead atoms. The molecule has 4 rings (SSSR count). The fourth-order valence-corrected chi connectivity index (χ4v) is 7.20. The smallest absolute Gasteiger partial charge is 0.185 e. The molecular formula is C52H72NO3+. The lowest BCUT2D eigenvalue weighted by Gasteiger charge is -2.23. The molecule has 0 amide bonds. The minimum Gasteiger partial charge on any atom is -0.494 e. The number of ketones is 1. The van der Waals surface area contributed by atoms with Gasteiger partial charge in [-0.25, -0.2) is 0 Å². The van der Waals surface area contributed by atoms with Crippen LogP contribution >= 0.6 is 0 Å². The number of allylic oxidation sites excluding steroid dienone is 7. The second kappa shape index (κ2) is 25.9. The van der Waals surface area contributed by atoms with Gasteiger partial charge in [0.15, 0.2) is 5.78 Å². The number of carbonyl (C=O) groups is 1. The van der Waals surface area contributed by atoms with Gasteiger partial charge < -0.3 is 14.0 Å². The highest BCUT2D eigenvalue weighted by Gasteiger charge is 2.13. The van der Waals surface area contributed by atoms with Crippen LogP contribution in [-0.4, -0.2) is 51.2 Å². The fourth-order valence-electron chi connectivity index (χ4n) is 7.20. The molecule has 1 aliphatic rings. The number of rotatable bonds is 28. The maximum Gasteiger partial charge on any atom is 0.185 e. The van der Waals surface area contributed by atoms with Crippen molar-refractivity contribution >= 4 is 16.9 Å². The standard InChI is InChI=1S/C52H72NO3/c1-5-6-7-8-9-10-11-12-13-14-15-16-18-24-41-55-49-34-28-44(29-35-49)47-33-39-52(54)48(43-47)32-38-51(45-26-21-20-22-27-45)46-30-36-50(37-31-46)56-42-25-19-17-23-40-53(2,3)4/h20-22,26-39,43H,5-19,23-25,40-42H2,1-4H3/q+1/b48-32+,51-38+. The molecule has 0 unspecified atom stereocenters. The summed E-state index contributed by atoms with van der Waals surface area (Å²) in [6.45, 7) is 4.98. The average Bonchev–Trinajstić information content (AvgIpc) is 3.20. The predicted molar refractivity (Wildman–Crippen MR) is 239 cm³/mol. The fraction of sp³-hybridized carbons (Fsp3) is 0.481. The van der Waals surface area contributed by atoms with Gasteiger partial charge in [0.2, 0.25) is 0 Å². The van der Waals surface area contributed by atoms with Crippen LogP contribution in [0.2, 0.25) is 0 Å². The summed E-state index contributed by atoms with van der Waals surface area (Å²) in [6, 6.07) is 26.9. The molecule has 3 aromatic rings. The van der Waals surface area contributed by atoms with E-state index in [2.05, 4.69) is 82.7 Å². The topological polar surface area (TPSA) is 35.5 Å². The minimum absolute atomic E-state index is 0.00625. The van der Waals surface area contributed by atoms with E-state index in [1.807, 2.05) is 48.6 Å². The third-order valence-corrected chi connectivity index (χ3v) is 10.6. The quantitative estimate of drug-likeness (QED) is 0.0420. The highest BCUT2D eigenvalue weighted by atomic mass is 16.5. The molecule has 0 spiro atoms. The number of ether oxygens (including phenoxy) is 2. The van der Waals surface area contributed by atoms with Gasteiger partial charge in [-0.3, -0.25) is 4.79 Å². The number of carbonyl (C=O) groups excluding carboxylic acids is 1. The number of nitrogens with zero attached hydrogens (tertiary/aromatic N) is 1. The first kappa shape index (κ1) is 44.6. The van der Waals surface area contributed by atoms with Crippen LogP contribution < -0.4 is 9.47 Å². The van der Waals surface area contributed by atoms with Crippen LogP contribution in [0.15, 0.2) is 115 Å². The number of hydrogen-bond donors (Lipinski definition) is 0. The van der Waals surface area contributed by atoms with Gasteiger partial charge in [0.05, 0.1) is 40.9 Å². The molecule has 0 fully saturated rings. The van der Waals surface area contributed by atoms with E-state index >= 15 is 0 Å². The van der Waals surface area contributed by atoms with Crippen molar-refractivity contribution in [3.63, 3.8) is 0 Å². The van der Waals surface area contributed by atoms with Crippen molar-refractivity contribution in [2.24, 2.45) is 0 Å². The van der Waals surface area contributed by atoms with Crippen LogP contribution in [0, 0.1) is 0 Å². The van der Waals surface area contributed by atoms with E-state index in [-0.39, 0.29) is 5.78 Å². The molecule has 0 aliphatic heterocycles. The zero-order valence-corrected chi connectivity index (χ0v) is 35.4. The highest BCUT2D eigenvalue weighted by Crippen LogP contribution is 2.28.